The molecule has 2 aliphatic rings. The Bertz CT molecular complexity index is 1290. The summed E-state index contributed by atoms with van der Waals surface area (Å²) in [6, 6.07) is -3.94. The van der Waals surface area contributed by atoms with Gasteiger partial charge < -0.3 is 29.5 Å². The van der Waals surface area contributed by atoms with Gasteiger partial charge in [0.1, 0.15) is 30.3 Å². The van der Waals surface area contributed by atoms with E-state index < -0.39 is 83.8 Å². The van der Waals surface area contributed by atoms with Crippen molar-refractivity contribution in [1.82, 2.24) is 20.0 Å². The molecule has 13 heteroatoms. The van der Waals surface area contributed by atoms with E-state index in [2.05, 4.69) is 32.0 Å². The highest BCUT2D eigenvalue weighted by molar-refractivity contribution is 9.12. The normalized spacial score (nSPS) is 28.8. The molecule has 2 aliphatic heterocycles. The van der Waals surface area contributed by atoms with Crippen LogP contribution in [0.2, 0.25) is 0 Å². The second kappa shape index (κ2) is 19.5. The third kappa shape index (κ3) is 10.5. The van der Waals surface area contributed by atoms with Gasteiger partial charge >= 0.3 is 11.9 Å². The first-order valence-electron chi connectivity index (χ1n) is 18.0. The number of esters is 2. The monoisotopic (exact) mass is 766 g/mol. The number of unbranched alkanes of at least 4 members (excludes halogenated alkanes) is 1. The third-order valence-corrected chi connectivity index (χ3v) is 10.4. The molecule has 0 aromatic rings. The first-order chi connectivity index (χ1) is 23.4. The molecule has 0 aliphatic carbocycles. The van der Waals surface area contributed by atoms with Crippen molar-refractivity contribution in [2.45, 2.75) is 137 Å². The van der Waals surface area contributed by atoms with Crippen LogP contribution in [0.15, 0.2) is 0 Å². The fraction of sp³-hybridized carbons (Fsp3) is 0.784. The summed E-state index contributed by atoms with van der Waals surface area (Å²) in [5.74, 6) is -2.74. The molecule has 0 spiro atoms. The zero-order chi connectivity index (χ0) is 38.0. The molecule has 2 rings (SSSR count). The van der Waals surface area contributed by atoms with E-state index in [9.17, 15) is 28.8 Å². The van der Waals surface area contributed by atoms with Gasteiger partial charge in [-0.2, -0.15) is 0 Å². The number of likely N-dealkylation sites (N-methyl/N-ethyl adjacent to an activating group) is 2. The molecule has 0 bridgehead atoms. The number of carbonyl (C=O) groups excluding carboxylic acids is 6. The van der Waals surface area contributed by atoms with Crippen LogP contribution < -0.4 is 5.32 Å². The molecular weight excluding hydrogens is 708 g/mol. The maximum atomic E-state index is 14.2. The van der Waals surface area contributed by atoms with E-state index in [0.29, 0.717) is 38.5 Å². The number of amides is 4. The third-order valence-electron chi connectivity index (χ3n) is 10.1. The van der Waals surface area contributed by atoms with E-state index in [1.807, 2.05) is 13.8 Å². The van der Waals surface area contributed by atoms with E-state index in [1.165, 1.54) is 28.8 Å². The summed E-state index contributed by atoms with van der Waals surface area (Å²) in [5.41, 5.74) is 0. The van der Waals surface area contributed by atoms with Gasteiger partial charge in [0.15, 0.2) is 6.10 Å². The molecule has 2 saturated heterocycles. The van der Waals surface area contributed by atoms with Gasteiger partial charge in [-0.05, 0) is 54.7 Å². The summed E-state index contributed by atoms with van der Waals surface area (Å²) in [5, 5.41) is 2.87. The van der Waals surface area contributed by atoms with Crippen molar-refractivity contribution < 1.29 is 38.2 Å². The lowest BCUT2D eigenvalue weighted by atomic mass is 9.95. The predicted octanol–water partition coefficient (Wildman–Crippen LogP) is 4.13. The zero-order valence-electron chi connectivity index (χ0n) is 31.8. The van der Waals surface area contributed by atoms with Crippen LogP contribution in [0.5, 0.6) is 0 Å². The Labute approximate surface area is 307 Å². The number of nitrogens with one attached hydrogen (secondary N) is 1. The number of halogens is 1. The molecule has 8 atom stereocenters. The standard InChI is InChI=1S/C37H59BrN4O8/c1-12-24(8)31-35(46)42-20-16-17-26(42)33(44)40(10)29(22(4)5)36(47)49-27(18-14-13-15-19-38)25(9)32(43)39-28(21(2)3)34(45)41(11)30(23(6)7)37(48)50-31/h21-31H,12-14,16-18,20H2,1-11H3,(H,39,43)/t24-,25-,26-,27+,28-,29-,30-,31-/m0/s1. The SMILES string of the molecule is CC[C@H](C)[C@@H]1OC(=O)[C@H](C(C)C)N(C)C(=O)[C@H](C(C)C)NC(=O)[C@@H](C)[C@@H](CCCC#CBr)OC(=O)[C@H](C(C)C)N(C)C(=O)[C@@H]2CCCN2C1=O. The quantitative estimate of drug-likeness (QED) is 0.221. The van der Waals surface area contributed by atoms with Crippen LogP contribution in [0.25, 0.3) is 0 Å². The van der Waals surface area contributed by atoms with Crippen molar-refractivity contribution in [1.29, 1.82) is 0 Å². The van der Waals surface area contributed by atoms with Gasteiger partial charge in [-0.1, -0.05) is 68.2 Å². The van der Waals surface area contributed by atoms with Gasteiger partial charge in [-0.15, -0.1) is 0 Å². The lowest BCUT2D eigenvalue weighted by molar-refractivity contribution is -0.172. The molecule has 2 fully saturated rings. The van der Waals surface area contributed by atoms with E-state index >= 15 is 0 Å². The van der Waals surface area contributed by atoms with Crippen molar-refractivity contribution >= 4 is 51.5 Å². The highest BCUT2D eigenvalue weighted by Crippen LogP contribution is 2.28. The smallest absolute Gasteiger partial charge is 0.329 e. The van der Waals surface area contributed by atoms with Crippen LogP contribution >= 0.6 is 15.9 Å². The zero-order valence-corrected chi connectivity index (χ0v) is 33.4. The number of hydrogen-bond donors (Lipinski definition) is 1. The van der Waals surface area contributed by atoms with E-state index in [1.54, 1.807) is 48.5 Å². The molecule has 0 radical (unpaired) electrons. The van der Waals surface area contributed by atoms with E-state index in [4.69, 9.17) is 9.47 Å². The van der Waals surface area contributed by atoms with Crippen LogP contribution in [0.3, 0.4) is 0 Å². The summed E-state index contributed by atoms with van der Waals surface area (Å²) in [6.07, 6.45) is 0.712. The lowest BCUT2D eigenvalue weighted by Gasteiger charge is -2.37. The minimum absolute atomic E-state index is 0.289. The molecule has 50 heavy (non-hydrogen) atoms. The predicted molar refractivity (Wildman–Crippen MR) is 193 cm³/mol. The lowest BCUT2D eigenvalue weighted by Crippen LogP contribution is -2.58. The minimum atomic E-state index is -1.19. The van der Waals surface area contributed by atoms with E-state index in [0.717, 1.165) is 0 Å². The average molecular weight is 768 g/mol. The Morgan fingerprint density at radius 1 is 0.840 bits per heavy atom. The summed E-state index contributed by atoms with van der Waals surface area (Å²) in [6.45, 7) is 16.4. The van der Waals surface area contributed by atoms with Gasteiger partial charge in [0.2, 0.25) is 17.7 Å². The molecule has 1 N–H and O–H groups in total. The largest absolute Gasteiger partial charge is 0.460 e. The second-order valence-electron chi connectivity index (χ2n) is 14.9. The maximum Gasteiger partial charge on any atom is 0.329 e. The Morgan fingerprint density at radius 3 is 1.92 bits per heavy atom. The highest BCUT2D eigenvalue weighted by Gasteiger charge is 2.46. The Hall–Kier alpha value is -3.14. The summed E-state index contributed by atoms with van der Waals surface area (Å²) in [7, 11) is 3.02. The Kier molecular flexibility index (Phi) is 16.7. The number of hydrogen-bond acceptors (Lipinski definition) is 8. The van der Waals surface area contributed by atoms with Crippen molar-refractivity contribution in [3.63, 3.8) is 0 Å². The second-order valence-corrected chi connectivity index (χ2v) is 15.3. The fourth-order valence-electron chi connectivity index (χ4n) is 6.79. The van der Waals surface area contributed by atoms with Gasteiger partial charge in [-0.25, -0.2) is 9.59 Å². The molecular formula is C37H59BrN4O8. The summed E-state index contributed by atoms with van der Waals surface area (Å²) in [4.78, 5) is 90.9. The van der Waals surface area contributed by atoms with Gasteiger partial charge in [0.25, 0.3) is 5.91 Å². The van der Waals surface area contributed by atoms with Crippen LogP contribution in [-0.4, -0.2) is 107 Å². The van der Waals surface area contributed by atoms with Crippen molar-refractivity contribution in [2.24, 2.45) is 29.6 Å². The van der Waals surface area contributed by atoms with Crippen molar-refractivity contribution in [3.8, 4) is 10.8 Å². The van der Waals surface area contributed by atoms with Crippen LogP contribution in [0.1, 0.15) is 101 Å². The van der Waals surface area contributed by atoms with Gasteiger partial charge in [-0.3, -0.25) is 19.2 Å². The molecule has 2 heterocycles. The first-order valence-corrected chi connectivity index (χ1v) is 18.8. The van der Waals surface area contributed by atoms with Crippen LogP contribution in [0.4, 0.5) is 0 Å². The Morgan fingerprint density at radius 2 is 1.40 bits per heavy atom. The Balaban J connectivity index is 2.74. The van der Waals surface area contributed by atoms with Crippen molar-refractivity contribution in [3.05, 3.63) is 0 Å². The number of cyclic esters (lactones) is 2. The van der Waals surface area contributed by atoms with Crippen LogP contribution in [0, 0.1) is 40.3 Å². The number of fused-ring (bicyclic) bond motifs is 1. The number of ether oxygens (including phenoxy) is 2. The molecule has 0 unspecified atom stereocenters. The number of nitrogens with zero attached hydrogens (tertiary/aromatic N) is 3. The van der Waals surface area contributed by atoms with E-state index in [-0.39, 0.29) is 24.3 Å². The minimum Gasteiger partial charge on any atom is -0.460 e. The first kappa shape index (κ1) is 43.0. The van der Waals surface area contributed by atoms with Crippen molar-refractivity contribution in [2.75, 3.05) is 20.6 Å². The molecule has 4 amide bonds. The molecule has 0 saturated carbocycles. The highest BCUT2D eigenvalue weighted by atomic mass is 79.9. The molecule has 0 aromatic heterocycles. The van der Waals surface area contributed by atoms with Crippen LogP contribution in [-0.2, 0) is 38.2 Å². The topological polar surface area (TPSA) is 143 Å². The van der Waals surface area contributed by atoms with Gasteiger partial charge in [0, 0.05) is 48.9 Å². The molecule has 282 valence electrons. The molecule has 0 aromatic carbocycles. The number of rotatable bonds is 8. The van der Waals surface area contributed by atoms with Gasteiger partial charge in [0.05, 0.1) is 5.92 Å². The number of carbonyl (C=O) groups is 6. The summed E-state index contributed by atoms with van der Waals surface area (Å²) >= 11 is 3.09. The summed E-state index contributed by atoms with van der Waals surface area (Å²) < 4.78 is 12.1. The average Bonchev–Trinajstić information content (AvgIpc) is 3.55. The maximum absolute atomic E-state index is 14.2. The molecule has 12 nitrogen and oxygen atoms in total. The fourth-order valence-corrected chi connectivity index (χ4v) is 6.99.